The van der Waals surface area contributed by atoms with Gasteiger partial charge in [-0.1, -0.05) is 0 Å². The number of halogens is 2. The van der Waals surface area contributed by atoms with E-state index in [4.69, 9.17) is 17.2 Å². The van der Waals surface area contributed by atoms with Crippen molar-refractivity contribution in [3.05, 3.63) is 17.3 Å². The number of primary amides is 1. The van der Waals surface area contributed by atoms with Crippen LogP contribution >= 0.6 is 0 Å². The number of hydrogen-bond donors (Lipinski definition) is 3. The first-order valence-electron chi connectivity index (χ1n) is 3.57. The molecule has 0 aliphatic rings. The van der Waals surface area contributed by atoms with Crippen molar-refractivity contribution in [3.8, 4) is 0 Å². The zero-order valence-corrected chi connectivity index (χ0v) is 7.00. The molecule has 0 aliphatic heterocycles. The summed E-state index contributed by atoms with van der Waals surface area (Å²) in [6.07, 6.45) is -2.79. The Morgan fingerprint density at radius 2 is 2.00 bits per heavy atom. The minimum Gasteiger partial charge on any atom is -0.397 e. The number of nitrogen functional groups attached to an aromatic ring is 2. The molecule has 14 heavy (non-hydrogen) atoms. The van der Waals surface area contributed by atoms with Crippen LogP contribution in [-0.2, 0) is 0 Å². The molecule has 1 heterocycles. The average Bonchev–Trinajstić information content (AvgIpc) is 2.07. The van der Waals surface area contributed by atoms with E-state index in [2.05, 4.69) is 4.98 Å². The third-order valence-corrected chi connectivity index (χ3v) is 1.58. The summed E-state index contributed by atoms with van der Waals surface area (Å²) in [5.74, 6) is -1.35. The Kier molecular flexibility index (Phi) is 2.50. The molecule has 0 saturated carbocycles. The van der Waals surface area contributed by atoms with Crippen molar-refractivity contribution >= 4 is 17.4 Å². The van der Waals surface area contributed by atoms with Crippen LogP contribution in [0.2, 0.25) is 0 Å². The molecule has 1 aromatic heterocycles. The quantitative estimate of drug-likeness (QED) is 0.640. The topological polar surface area (TPSA) is 108 Å². The van der Waals surface area contributed by atoms with Crippen LogP contribution < -0.4 is 17.2 Å². The van der Waals surface area contributed by atoms with Crippen LogP contribution in [0.3, 0.4) is 0 Å². The Bertz CT molecular complexity index is 380. The summed E-state index contributed by atoms with van der Waals surface area (Å²) < 4.78 is 24.5. The fourth-order valence-electron chi connectivity index (χ4n) is 0.932. The number of carbonyl (C=O) groups excluding carboxylic acids is 1. The van der Waals surface area contributed by atoms with E-state index in [0.717, 1.165) is 6.07 Å². The van der Waals surface area contributed by atoms with Gasteiger partial charge in [-0.15, -0.1) is 0 Å². The van der Waals surface area contributed by atoms with E-state index < -0.39 is 23.7 Å². The van der Waals surface area contributed by atoms with Crippen LogP contribution in [0, 0.1) is 0 Å². The van der Waals surface area contributed by atoms with Crippen molar-refractivity contribution in [2.75, 3.05) is 11.5 Å². The molecule has 0 spiro atoms. The van der Waals surface area contributed by atoms with Gasteiger partial charge in [-0.3, -0.25) is 4.79 Å². The Morgan fingerprint density at radius 1 is 1.43 bits per heavy atom. The number of rotatable bonds is 2. The van der Waals surface area contributed by atoms with Crippen molar-refractivity contribution in [1.82, 2.24) is 4.98 Å². The monoisotopic (exact) mass is 202 g/mol. The lowest BCUT2D eigenvalue weighted by atomic mass is 10.2. The van der Waals surface area contributed by atoms with Gasteiger partial charge in [0.25, 0.3) is 12.3 Å². The van der Waals surface area contributed by atoms with Gasteiger partial charge in [-0.05, 0) is 6.07 Å². The summed E-state index contributed by atoms with van der Waals surface area (Å²) in [6.45, 7) is 0. The number of pyridine rings is 1. The van der Waals surface area contributed by atoms with Gasteiger partial charge in [-0.2, -0.15) is 0 Å². The van der Waals surface area contributed by atoms with Crippen molar-refractivity contribution in [3.63, 3.8) is 0 Å². The van der Waals surface area contributed by atoms with Crippen molar-refractivity contribution in [2.24, 2.45) is 5.73 Å². The molecule has 0 radical (unpaired) electrons. The standard InChI is InChI=1S/C7H8F2N4O/c8-5(9)2-1-3(10)4(7(12)14)13-6(2)11/h1,5H,10H2,(H2,11,13)(H2,12,14). The summed E-state index contributed by atoms with van der Waals surface area (Å²) in [5.41, 5.74) is 14.3. The maximum absolute atomic E-state index is 12.2. The molecule has 7 heteroatoms. The molecule has 0 aromatic carbocycles. The predicted octanol–water partition coefficient (Wildman–Crippen LogP) is 0.282. The van der Waals surface area contributed by atoms with Gasteiger partial charge in [0.15, 0.2) is 5.69 Å². The molecule has 0 atom stereocenters. The zero-order valence-electron chi connectivity index (χ0n) is 7.00. The number of alkyl halides is 2. The first-order chi connectivity index (χ1) is 6.43. The SMILES string of the molecule is NC(=O)c1nc(N)c(C(F)F)cc1N. The van der Waals surface area contributed by atoms with E-state index in [-0.39, 0.29) is 11.4 Å². The summed E-state index contributed by atoms with van der Waals surface area (Å²) in [5, 5.41) is 0. The second kappa shape index (κ2) is 3.44. The summed E-state index contributed by atoms with van der Waals surface area (Å²) >= 11 is 0. The minimum atomic E-state index is -2.79. The van der Waals surface area contributed by atoms with E-state index in [1.54, 1.807) is 0 Å². The third-order valence-electron chi connectivity index (χ3n) is 1.58. The van der Waals surface area contributed by atoms with Gasteiger partial charge in [0, 0.05) is 0 Å². The highest BCUT2D eigenvalue weighted by atomic mass is 19.3. The van der Waals surface area contributed by atoms with Gasteiger partial charge in [0.2, 0.25) is 0 Å². The van der Waals surface area contributed by atoms with Crippen LogP contribution in [0.25, 0.3) is 0 Å². The van der Waals surface area contributed by atoms with Crippen LogP contribution in [0.15, 0.2) is 6.07 Å². The van der Waals surface area contributed by atoms with E-state index in [1.165, 1.54) is 0 Å². The Morgan fingerprint density at radius 3 is 2.43 bits per heavy atom. The molecule has 0 unspecified atom stereocenters. The highest BCUT2D eigenvalue weighted by Crippen LogP contribution is 2.26. The lowest BCUT2D eigenvalue weighted by molar-refractivity contribution is 0.0996. The van der Waals surface area contributed by atoms with Crippen molar-refractivity contribution in [2.45, 2.75) is 6.43 Å². The van der Waals surface area contributed by atoms with Gasteiger partial charge in [-0.25, -0.2) is 13.8 Å². The van der Waals surface area contributed by atoms with Gasteiger partial charge < -0.3 is 17.2 Å². The number of hydrogen-bond acceptors (Lipinski definition) is 4. The molecule has 1 amide bonds. The molecule has 0 aliphatic carbocycles. The predicted molar refractivity (Wildman–Crippen MR) is 46.5 cm³/mol. The molecular weight excluding hydrogens is 194 g/mol. The third kappa shape index (κ3) is 1.70. The molecule has 6 N–H and O–H groups in total. The zero-order chi connectivity index (χ0) is 10.9. The van der Waals surface area contributed by atoms with Crippen LogP contribution in [0.1, 0.15) is 22.5 Å². The number of carbonyl (C=O) groups is 1. The molecule has 0 bridgehead atoms. The summed E-state index contributed by atoms with van der Waals surface area (Å²) in [7, 11) is 0. The van der Waals surface area contributed by atoms with E-state index >= 15 is 0 Å². The van der Waals surface area contributed by atoms with Crippen LogP contribution in [-0.4, -0.2) is 10.9 Å². The summed E-state index contributed by atoms with van der Waals surface area (Å²) in [4.78, 5) is 14.1. The number of nitrogens with zero attached hydrogens (tertiary/aromatic N) is 1. The van der Waals surface area contributed by atoms with Crippen molar-refractivity contribution < 1.29 is 13.6 Å². The lowest BCUT2D eigenvalue weighted by Crippen LogP contribution is -2.17. The van der Waals surface area contributed by atoms with Crippen LogP contribution in [0.4, 0.5) is 20.3 Å². The second-order valence-electron chi connectivity index (χ2n) is 2.57. The Hall–Kier alpha value is -1.92. The van der Waals surface area contributed by atoms with E-state index in [1.807, 2.05) is 0 Å². The van der Waals surface area contributed by atoms with E-state index in [0.29, 0.717) is 0 Å². The first kappa shape index (κ1) is 10.2. The Balaban J connectivity index is 3.31. The lowest BCUT2D eigenvalue weighted by Gasteiger charge is -2.07. The molecular formula is C7H8F2N4O. The second-order valence-corrected chi connectivity index (χ2v) is 2.57. The number of amides is 1. The summed E-state index contributed by atoms with van der Waals surface area (Å²) in [6, 6.07) is 0.896. The van der Waals surface area contributed by atoms with Crippen molar-refractivity contribution in [1.29, 1.82) is 0 Å². The molecule has 76 valence electrons. The average molecular weight is 202 g/mol. The molecule has 5 nitrogen and oxygen atoms in total. The maximum Gasteiger partial charge on any atom is 0.269 e. The fourth-order valence-corrected chi connectivity index (χ4v) is 0.932. The number of nitrogens with two attached hydrogens (primary N) is 3. The van der Waals surface area contributed by atoms with Crippen LogP contribution in [0.5, 0.6) is 0 Å². The largest absolute Gasteiger partial charge is 0.397 e. The normalized spacial score (nSPS) is 10.5. The van der Waals surface area contributed by atoms with Gasteiger partial charge in [0.1, 0.15) is 5.82 Å². The smallest absolute Gasteiger partial charge is 0.269 e. The van der Waals surface area contributed by atoms with Gasteiger partial charge >= 0.3 is 0 Å². The molecule has 0 fully saturated rings. The van der Waals surface area contributed by atoms with E-state index in [9.17, 15) is 13.6 Å². The highest BCUT2D eigenvalue weighted by Gasteiger charge is 2.17. The number of aromatic nitrogens is 1. The molecule has 1 rings (SSSR count). The number of anilines is 2. The Labute approximate surface area is 77.9 Å². The molecule has 1 aromatic rings. The molecule has 0 saturated heterocycles. The first-order valence-corrected chi connectivity index (χ1v) is 3.57. The highest BCUT2D eigenvalue weighted by molar-refractivity contribution is 5.96. The fraction of sp³-hybridized carbons (Fsp3) is 0.143. The van der Waals surface area contributed by atoms with Gasteiger partial charge in [0.05, 0.1) is 11.3 Å². The maximum atomic E-state index is 12.2. The minimum absolute atomic E-state index is 0.206.